The molecule has 1 aromatic carbocycles. The zero-order valence-electron chi connectivity index (χ0n) is 15.4. The fourth-order valence-electron chi connectivity index (χ4n) is 3.27. The third-order valence-electron chi connectivity index (χ3n) is 5.20. The van der Waals surface area contributed by atoms with Gasteiger partial charge in [0.05, 0.1) is 6.04 Å². The van der Waals surface area contributed by atoms with Gasteiger partial charge in [-0.1, -0.05) is 51.5 Å². The Kier molecular flexibility index (Phi) is 7.25. The highest BCUT2D eigenvalue weighted by Crippen LogP contribution is 2.18. The van der Waals surface area contributed by atoms with Crippen LogP contribution in [-0.4, -0.2) is 29.9 Å². The Morgan fingerprint density at radius 2 is 2.00 bits per heavy atom. The molecule has 24 heavy (non-hydrogen) atoms. The number of likely N-dealkylation sites (tertiary alicyclic amines) is 1. The summed E-state index contributed by atoms with van der Waals surface area (Å²) < 4.78 is 0. The molecule has 0 saturated carbocycles. The number of hydrogen-bond acceptors (Lipinski definition) is 3. The van der Waals surface area contributed by atoms with Crippen LogP contribution in [0.2, 0.25) is 0 Å². The molecule has 0 spiro atoms. The van der Waals surface area contributed by atoms with E-state index in [-0.39, 0.29) is 11.8 Å². The van der Waals surface area contributed by atoms with Crippen molar-refractivity contribution in [3.8, 4) is 0 Å². The van der Waals surface area contributed by atoms with E-state index in [4.69, 9.17) is 5.73 Å². The minimum absolute atomic E-state index is 0.0595. The van der Waals surface area contributed by atoms with Crippen molar-refractivity contribution in [1.82, 2.24) is 10.2 Å². The van der Waals surface area contributed by atoms with Gasteiger partial charge in [0.1, 0.15) is 0 Å². The number of amides is 1. The predicted octanol–water partition coefficient (Wildman–Crippen LogP) is 2.91. The first kappa shape index (κ1) is 18.9. The SMILES string of the molecule is CCC(C)C(N)C(=O)NCc1ccc(CN2CCCC(C)C2)cc1. The molecule has 0 bridgehead atoms. The standard InChI is InChI=1S/C20H33N3O/c1-4-16(3)19(21)20(24)22-12-17-7-9-18(10-8-17)14-23-11-5-6-15(2)13-23/h7-10,15-16,19H,4-6,11-14,21H2,1-3H3,(H,22,24). The number of nitrogens with zero attached hydrogens (tertiary/aromatic N) is 1. The van der Waals surface area contributed by atoms with Gasteiger partial charge < -0.3 is 11.1 Å². The van der Waals surface area contributed by atoms with Crippen molar-refractivity contribution in [1.29, 1.82) is 0 Å². The summed E-state index contributed by atoms with van der Waals surface area (Å²) in [6, 6.07) is 8.15. The minimum Gasteiger partial charge on any atom is -0.351 e. The Morgan fingerprint density at radius 3 is 2.62 bits per heavy atom. The summed E-state index contributed by atoms with van der Waals surface area (Å²) in [4.78, 5) is 14.6. The van der Waals surface area contributed by atoms with Gasteiger partial charge in [-0.15, -0.1) is 0 Å². The largest absolute Gasteiger partial charge is 0.351 e. The van der Waals surface area contributed by atoms with Gasteiger partial charge in [0.15, 0.2) is 0 Å². The lowest BCUT2D eigenvalue weighted by atomic mass is 9.99. The van der Waals surface area contributed by atoms with Crippen LogP contribution in [0.25, 0.3) is 0 Å². The van der Waals surface area contributed by atoms with Gasteiger partial charge in [-0.2, -0.15) is 0 Å². The first-order valence-corrected chi connectivity index (χ1v) is 9.33. The average molecular weight is 332 g/mol. The third kappa shape index (κ3) is 5.60. The van der Waals surface area contributed by atoms with E-state index in [2.05, 4.69) is 48.3 Å². The zero-order chi connectivity index (χ0) is 17.5. The Bertz CT molecular complexity index is 514. The summed E-state index contributed by atoms with van der Waals surface area (Å²) in [5, 5.41) is 2.95. The van der Waals surface area contributed by atoms with Crippen LogP contribution >= 0.6 is 0 Å². The molecule has 0 aromatic heterocycles. The number of piperidine rings is 1. The fraction of sp³-hybridized carbons (Fsp3) is 0.650. The van der Waals surface area contributed by atoms with Crippen LogP contribution < -0.4 is 11.1 Å². The van der Waals surface area contributed by atoms with E-state index in [0.717, 1.165) is 24.4 Å². The van der Waals surface area contributed by atoms with E-state index in [1.165, 1.54) is 31.5 Å². The molecule has 134 valence electrons. The number of carbonyl (C=O) groups excluding carboxylic acids is 1. The van der Waals surface area contributed by atoms with Crippen molar-refractivity contribution in [3.63, 3.8) is 0 Å². The van der Waals surface area contributed by atoms with Crippen LogP contribution in [0.5, 0.6) is 0 Å². The lowest BCUT2D eigenvalue weighted by Crippen LogP contribution is -2.44. The van der Waals surface area contributed by atoms with E-state index in [9.17, 15) is 4.79 Å². The molecule has 4 nitrogen and oxygen atoms in total. The fourth-order valence-corrected chi connectivity index (χ4v) is 3.27. The Hall–Kier alpha value is -1.39. The lowest BCUT2D eigenvalue weighted by Gasteiger charge is -2.30. The molecule has 4 heteroatoms. The second-order valence-corrected chi connectivity index (χ2v) is 7.43. The molecular formula is C20H33N3O. The number of rotatable bonds is 7. The second kappa shape index (κ2) is 9.19. The monoisotopic (exact) mass is 331 g/mol. The molecule has 2 rings (SSSR count). The molecule has 1 aromatic rings. The normalized spacial score (nSPS) is 21.2. The minimum atomic E-state index is -0.421. The van der Waals surface area contributed by atoms with Crippen molar-refractivity contribution < 1.29 is 4.79 Å². The summed E-state index contributed by atoms with van der Waals surface area (Å²) in [6.07, 6.45) is 3.58. The van der Waals surface area contributed by atoms with Crippen molar-refractivity contribution >= 4 is 5.91 Å². The summed E-state index contributed by atoms with van der Waals surface area (Å²) in [6.45, 7) is 10.4. The number of hydrogen-bond donors (Lipinski definition) is 2. The molecule has 1 fully saturated rings. The average Bonchev–Trinajstić information content (AvgIpc) is 2.59. The topological polar surface area (TPSA) is 58.4 Å². The van der Waals surface area contributed by atoms with Crippen LogP contribution in [0.4, 0.5) is 0 Å². The highest BCUT2D eigenvalue weighted by Gasteiger charge is 2.19. The Morgan fingerprint density at radius 1 is 1.33 bits per heavy atom. The summed E-state index contributed by atoms with van der Waals surface area (Å²) in [7, 11) is 0. The Labute approximate surface area is 146 Å². The van der Waals surface area contributed by atoms with Crippen molar-refractivity contribution in [2.45, 2.75) is 59.2 Å². The molecule has 3 N–H and O–H groups in total. The van der Waals surface area contributed by atoms with Crippen molar-refractivity contribution in [2.24, 2.45) is 17.6 Å². The molecule has 3 unspecified atom stereocenters. The predicted molar refractivity (Wildman–Crippen MR) is 99.4 cm³/mol. The van der Waals surface area contributed by atoms with E-state index in [1.807, 2.05) is 6.92 Å². The van der Waals surface area contributed by atoms with Gasteiger partial charge in [-0.05, 0) is 42.3 Å². The molecule has 1 aliphatic heterocycles. The van der Waals surface area contributed by atoms with Gasteiger partial charge in [-0.25, -0.2) is 0 Å². The maximum absolute atomic E-state index is 12.0. The van der Waals surface area contributed by atoms with E-state index >= 15 is 0 Å². The molecule has 0 aliphatic carbocycles. The smallest absolute Gasteiger partial charge is 0.237 e. The zero-order valence-corrected chi connectivity index (χ0v) is 15.4. The van der Waals surface area contributed by atoms with Crippen molar-refractivity contribution in [2.75, 3.05) is 13.1 Å². The van der Waals surface area contributed by atoms with Gasteiger partial charge >= 0.3 is 0 Å². The van der Waals surface area contributed by atoms with Crippen LogP contribution in [0, 0.1) is 11.8 Å². The molecular weight excluding hydrogens is 298 g/mol. The molecule has 1 saturated heterocycles. The number of nitrogens with two attached hydrogens (primary N) is 1. The molecule has 0 radical (unpaired) electrons. The van der Waals surface area contributed by atoms with Crippen molar-refractivity contribution in [3.05, 3.63) is 35.4 Å². The summed E-state index contributed by atoms with van der Waals surface area (Å²) >= 11 is 0. The Balaban J connectivity index is 1.80. The summed E-state index contributed by atoms with van der Waals surface area (Å²) in [5.74, 6) is 0.956. The summed E-state index contributed by atoms with van der Waals surface area (Å²) in [5.41, 5.74) is 8.42. The van der Waals surface area contributed by atoms with Crippen LogP contribution in [0.15, 0.2) is 24.3 Å². The van der Waals surface area contributed by atoms with Gasteiger partial charge in [0, 0.05) is 19.6 Å². The van der Waals surface area contributed by atoms with Crippen LogP contribution in [0.1, 0.15) is 51.2 Å². The number of benzene rings is 1. The van der Waals surface area contributed by atoms with E-state index < -0.39 is 6.04 Å². The molecule has 1 aliphatic rings. The molecule has 1 heterocycles. The first-order valence-electron chi connectivity index (χ1n) is 9.33. The first-order chi connectivity index (χ1) is 11.5. The third-order valence-corrected chi connectivity index (χ3v) is 5.20. The van der Waals surface area contributed by atoms with E-state index in [1.54, 1.807) is 0 Å². The van der Waals surface area contributed by atoms with E-state index in [0.29, 0.717) is 6.54 Å². The highest BCUT2D eigenvalue weighted by atomic mass is 16.2. The number of nitrogens with one attached hydrogen (secondary N) is 1. The maximum Gasteiger partial charge on any atom is 0.237 e. The number of carbonyl (C=O) groups is 1. The molecule has 3 atom stereocenters. The van der Waals surface area contributed by atoms with Crippen LogP contribution in [0.3, 0.4) is 0 Å². The van der Waals surface area contributed by atoms with Crippen LogP contribution in [-0.2, 0) is 17.9 Å². The molecule has 1 amide bonds. The van der Waals surface area contributed by atoms with Gasteiger partial charge in [0.25, 0.3) is 0 Å². The quantitative estimate of drug-likeness (QED) is 0.808. The highest BCUT2D eigenvalue weighted by molar-refractivity contribution is 5.81. The lowest BCUT2D eigenvalue weighted by molar-refractivity contribution is -0.123. The second-order valence-electron chi connectivity index (χ2n) is 7.43. The van der Waals surface area contributed by atoms with Gasteiger partial charge in [0.2, 0.25) is 5.91 Å². The van der Waals surface area contributed by atoms with Gasteiger partial charge in [-0.3, -0.25) is 9.69 Å². The maximum atomic E-state index is 12.0.